The normalized spacial score (nSPS) is 10.9. The van der Waals surface area contributed by atoms with Gasteiger partial charge in [0.25, 0.3) is 5.56 Å². The lowest BCUT2D eigenvalue weighted by molar-refractivity contribution is 0.103. The van der Waals surface area contributed by atoms with Crippen molar-refractivity contribution < 1.29 is 4.79 Å². The molecule has 0 radical (unpaired) electrons. The summed E-state index contributed by atoms with van der Waals surface area (Å²) in [4.78, 5) is 31.7. The van der Waals surface area contributed by atoms with Crippen molar-refractivity contribution in [3.05, 3.63) is 105 Å². The van der Waals surface area contributed by atoms with Crippen LogP contribution in [0.2, 0.25) is 0 Å². The largest absolute Gasteiger partial charge is 0.294 e. The van der Waals surface area contributed by atoms with E-state index in [4.69, 9.17) is 0 Å². The molecular weight excluding hydrogens is 422 g/mol. The van der Waals surface area contributed by atoms with E-state index in [0.29, 0.717) is 15.5 Å². The molecule has 2 aromatic carbocycles. The van der Waals surface area contributed by atoms with E-state index in [-0.39, 0.29) is 17.0 Å². The van der Waals surface area contributed by atoms with Gasteiger partial charge >= 0.3 is 0 Å². The number of hydrogen-bond acceptors (Lipinski definition) is 6. The zero-order valence-electron chi connectivity index (χ0n) is 16.9. The molecule has 0 atom stereocenters. The fraction of sp³-hybridized carbons (Fsp3) is 0.0417. The van der Waals surface area contributed by atoms with Crippen LogP contribution < -0.4 is 5.56 Å². The van der Waals surface area contributed by atoms with Gasteiger partial charge in [0.15, 0.2) is 4.96 Å². The standard InChI is InChI=1S/C24H15N5O2S/c1-15-22(32-24-26-20(14-28(15)24)16-8-4-2-5-9-16)21(30)19-12-17(13-25)23(31)29(27-19)18-10-6-3-7-11-18/h2-12,14H,1H3. The monoisotopic (exact) mass is 437 g/mol. The van der Waals surface area contributed by atoms with Crippen molar-refractivity contribution in [2.75, 3.05) is 0 Å². The Morgan fingerprint density at radius 2 is 1.75 bits per heavy atom. The van der Waals surface area contributed by atoms with Gasteiger partial charge in [0.2, 0.25) is 5.78 Å². The molecule has 0 fully saturated rings. The van der Waals surface area contributed by atoms with E-state index in [9.17, 15) is 14.9 Å². The molecule has 8 heteroatoms. The van der Waals surface area contributed by atoms with Crippen LogP contribution in [-0.2, 0) is 0 Å². The Morgan fingerprint density at radius 3 is 2.41 bits per heavy atom. The van der Waals surface area contributed by atoms with Crippen molar-refractivity contribution in [1.29, 1.82) is 5.26 Å². The number of rotatable bonds is 4. The average Bonchev–Trinajstić information content (AvgIpc) is 3.39. The Bertz CT molecular complexity index is 1570. The van der Waals surface area contributed by atoms with E-state index in [0.717, 1.165) is 21.6 Å². The second kappa shape index (κ2) is 7.72. The molecule has 7 nitrogen and oxygen atoms in total. The second-order valence-electron chi connectivity index (χ2n) is 7.10. The number of ketones is 1. The molecule has 5 rings (SSSR count). The molecule has 0 aliphatic heterocycles. The van der Waals surface area contributed by atoms with Crippen LogP contribution in [0.5, 0.6) is 0 Å². The van der Waals surface area contributed by atoms with E-state index < -0.39 is 5.56 Å². The van der Waals surface area contributed by atoms with Crippen molar-refractivity contribution in [1.82, 2.24) is 19.2 Å². The summed E-state index contributed by atoms with van der Waals surface area (Å²) in [5.74, 6) is -0.361. The number of fused-ring (bicyclic) bond motifs is 1. The van der Waals surface area contributed by atoms with Crippen molar-refractivity contribution in [2.24, 2.45) is 0 Å². The predicted octanol–water partition coefficient (Wildman–Crippen LogP) is 4.02. The first-order valence-corrected chi connectivity index (χ1v) is 10.6. The highest BCUT2D eigenvalue weighted by Gasteiger charge is 2.23. The molecule has 5 aromatic rings. The number of aryl methyl sites for hydroxylation is 1. The fourth-order valence-corrected chi connectivity index (χ4v) is 4.51. The Kier molecular flexibility index (Phi) is 4.73. The Balaban J connectivity index is 1.60. The van der Waals surface area contributed by atoms with Gasteiger partial charge in [-0.05, 0) is 25.1 Å². The van der Waals surface area contributed by atoms with Crippen molar-refractivity contribution in [2.45, 2.75) is 6.92 Å². The molecule has 0 bridgehead atoms. The topological polar surface area (TPSA) is 93.0 Å². The molecule has 32 heavy (non-hydrogen) atoms. The summed E-state index contributed by atoms with van der Waals surface area (Å²) in [5.41, 5.74) is 2.34. The van der Waals surface area contributed by atoms with Crippen LogP contribution in [0.3, 0.4) is 0 Å². The number of carbonyl (C=O) groups excluding carboxylic acids is 1. The van der Waals surface area contributed by atoms with Crippen molar-refractivity contribution >= 4 is 22.1 Å². The summed E-state index contributed by atoms with van der Waals surface area (Å²) in [7, 11) is 0. The first kappa shape index (κ1) is 19.6. The Labute approximate surface area is 186 Å². The molecule has 0 saturated carbocycles. The lowest BCUT2D eigenvalue weighted by atomic mass is 10.1. The molecule has 0 aliphatic rings. The van der Waals surface area contributed by atoms with Gasteiger partial charge in [-0.2, -0.15) is 15.0 Å². The lowest BCUT2D eigenvalue weighted by Crippen LogP contribution is -2.26. The molecule has 0 saturated heterocycles. The highest BCUT2D eigenvalue weighted by molar-refractivity contribution is 7.19. The number of thiazole rings is 1. The molecule has 0 aliphatic carbocycles. The van der Waals surface area contributed by atoms with Crippen LogP contribution in [0.4, 0.5) is 0 Å². The molecule has 0 N–H and O–H groups in total. The maximum Gasteiger partial charge on any atom is 0.289 e. The minimum Gasteiger partial charge on any atom is -0.294 e. The summed E-state index contributed by atoms with van der Waals surface area (Å²) in [6.07, 6.45) is 1.90. The Hall–Kier alpha value is -4.35. The summed E-state index contributed by atoms with van der Waals surface area (Å²) in [5, 5.41) is 13.7. The van der Waals surface area contributed by atoms with Gasteiger partial charge < -0.3 is 0 Å². The van der Waals surface area contributed by atoms with Crippen molar-refractivity contribution in [3.63, 3.8) is 0 Å². The van der Waals surface area contributed by atoms with Gasteiger partial charge in [0, 0.05) is 17.5 Å². The third-order valence-electron chi connectivity index (χ3n) is 5.10. The maximum absolute atomic E-state index is 13.3. The number of imidazole rings is 1. The smallest absolute Gasteiger partial charge is 0.289 e. The molecule has 3 heterocycles. The van der Waals surface area contributed by atoms with Crippen LogP contribution in [-0.4, -0.2) is 24.9 Å². The van der Waals surface area contributed by atoms with Crippen LogP contribution >= 0.6 is 11.3 Å². The van der Waals surface area contributed by atoms with Gasteiger partial charge in [-0.15, -0.1) is 0 Å². The number of aromatic nitrogens is 4. The average molecular weight is 437 g/mol. The lowest BCUT2D eigenvalue weighted by Gasteiger charge is -2.07. The van der Waals surface area contributed by atoms with Crippen LogP contribution in [0.25, 0.3) is 21.9 Å². The van der Waals surface area contributed by atoms with E-state index in [1.807, 2.05) is 60.0 Å². The van der Waals surface area contributed by atoms with Gasteiger partial charge in [0.1, 0.15) is 17.3 Å². The van der Waals surface area contributed by atoms with Gasteiger partial charge in [-0.1, -0.05) is 59.9 Å². The number of nitrogens with zero attached hydrogens (tertiary/aromatic N) is 5. The number of para-hydroxylation sites is 1. The van der Waals surface area contributed by atoms with Gasteiger partial charge in [-0.3, -0.25) is 14.0 Å². The number of nitriles is 1. The second-order valence-corrected chi connectivity index (χ2v) is 8.08. The number of carbonyl (C=O) groups is 1. The first-order chi connectivity index (χ1) is 15.6. The van der Waals surface area contributed by atoms with E-state index in [2.05, 4.69) is 10.1 Å². The third-order valence-corrected chi connectivity index (χ3v) is 6.25. The quantitative estimate of drug-likeness (QED) is 0.396. The molecule has 154 valence electrons. The van der Waals surface area contributed by atoms with Gasteiger partial charge in [-0.25, -0.2) is 4.98 Å². The predicted molar refractivity (Wildman–Crippen MR) is 121 cm³/mol. The zero-order valence-corrected chi connectivity index (χ0v) is 17.7. The van der Waals surface area contributed by atoms with E-state index >= 15 is 0 Å². The summed E-state index contributed by atoms with van der Waals surface area (Å²) in [6.45, 7) is 1.84. The SMILES string of the molecule is Cc1c(C(=O)c2cc(C#N)c(=O)n(-c3ccccc3)n2)sc2nc(-c3ccccc3)cn12. The highest BCUT2D eigenvalue weighted by atomic mass is 32.1. The summed E-state index contributed by atoms with van der Waals surface area (Å²) in [6, 6.07) is 21.6. The molecule has 0 unspecified atom stereocenters. The Morgan fingerprint density at radius 1 is 1.06 bits per heavy atom. The van der Waals surface area contributed by atoms with Crippen LogP contribution in [0.15, 0.2) is 77.7 Å². The first-order valence-electron chi connectivity index (χ1n) is 9.75. The van der Waals surface area contributed by atoms with E-state index in [1.165, 1.54) is 17.4 Å². The molecule has 0 amide bonds. The fourth-order valence-electron chi connectivity index (χ4n) is 3.45. The zero-order chi connectivity index (χ0) is 22.2. The number of hydrogen-bond donors (Lipinski definition) is 0. The molecule has 0 spiro atoms. The highest BCUT2D eigenvalue weighted by Crippen LogP contribution is 2.28. The van der Waals surface area contributed by atoms with E-state index in [1.54, 1.807) is 24.3 Å². The number of benzene rings is 2. The molecular formula is C24H15N5O2S. The van der Waals surface area contributed by atoms with Crippen LogP contribution in [0, 0.1) is 18.3 Å². The minimum atomic E-state index is -0.569. The third kappa shape index (κ3) is 3.21. The molecule has 3 aromatic heterocycles. The minimum absolute atomic E-state index is 0.0286. The maximum atomic E-state index is 13.3. The summed E-state index contributed by atoms with van der Waals surface area (Å²) < 4.78 is 2.96. The van der Waals surface area contributed by atoms with Crippen LogP contribution in [0.1, 0.15) is 26.6 Å². The summed E-state index contributed by atoms with van der Waals surface area (Å²) >= 11 is 1.25. The van der Waals surface area contributed by atoms with Crippen molar-refractivity contribution in [3.8, 4) is 23.0 Å². The van der Waals surface area contributed by atoms with Gasteiger partial charge in [0.05, 0.1) is 16.3 Å².